The van der Waals surface area contributed by atoms with E-state index >= 15 is 0 Å². The van der Waals surface area contributed by atoms with Crippen LogP contribution in [0.5, 0.6) is 6.01 Å². The molecule has 6 heteroatoms. The van der Waals surface area contributed by atoms with E-state index in [2.05, 4.69) is 26.0 Å². The van der Waals surface area contributed by atoms with Gasteiger partial charge in [0.1, 0.15) is 0 Å². The minimum absolute atomic E-state index is 0.260. The van der Waals surface area contributed by atoms with Crippen LogP contribution >= 0.6 is 15.9 Å². The number of nitrogens with zero attached hydrogens (tertiary/aromatic N) is 3. The van der Waals surface area contributed by atoms with E-state index in [0.29, 0.717) is 5.95 Å². The molecule has 0 aliphatic heterocycles. The van der Waals surface area contributed by atoms with Gasteiger partial charge in [-0.05, 0) is 24.3 Å². The molecule has 2 aromatic rings. The highest BCUT2D eigenvalue weighted by Gasteiger charge is 2.08. The fourth-order valence-electron chi connectivity index (χ4n) is 1.16. The van der Waals surface area contributed by atoms with E-state index in [1.165, 1.54) is 11.8 Å². The molecule has 0 radical (unpaired) electrons. The predicted molar refractivity (Wildman–Crippen MR) is 60.0 cm³/mol. The minimum atomic E-state index is 0.260. The summed E-state index contributed by atoms with van der Waals surface area (Å²) < 4.78 is 7.40. The number of halogens is 1. The zero-order chi connectivity index (χ0) is 10.8. The fraction of sp³-hybridized carbons (Fsp3) is 0.111. The first-order valence-electron chi connectivity index (χ1n) is 4.23. The smallest absolute Gasteiger partial charge is 0.337 e. The van der Waals surface area contributed by atoms with Crippen LogP contribution in [-0.4, -0.2) is 21.9 Å². The molecule has 0 amide bonds. The lowest BCUT2D eigenvalue weighted by molar-refractivity contribution is 0.380. The highest BCUT2D eigenvalue weighted by Crippen LogP contribution is 2.17. The number of hydrogen-bond donors (Lipinski definition) is 1. The summed E-state index contributed by atoms with van der Waals surface area (Å²) in [5, 5.41) is 4.07. The topological polar surface area (TPSA) is 66.0 Å². The second-order valence-corrected chi connectivity index (χ2v) is 3.76. The summed E-state index contributed by atoms with van der Waals surface area (Å²) in [5.74, 6) is 0.300. The number of nitrogens with two attached hydrogens (primary N) is 1. The van der Waals surface area contributed by atoms with Crippen molar-refractivity contribution in [2.75, 3.05) is 12.8 Å². The molecule has 1 heterocycles. The van der Waals surface area contributed by atoms with Crippen LogP contribution in [0.1, 0.15) is 0 Å². The van der Waals surface area contributed by atoms with Crippen LogP contribution in [0.4, 0.5) is 5.95 Å². The van der Waals surface area contributed by atoms with Crippen molar-refractivity contribution in [1.29, 1.82) is 0 Å². The van der Waals surface area contributed by atoms with E-state index in [1.807, 2.05) is 24.3 Å². The number of methoxy groups -OCH3 is 1. The summed E-state index contributed by atoms with van der Waals surface area (Å²) in [6.45, 7) is 0. The van der Waals surface area contributed by atoms with Crippen molar-refractivity contribution in [3.63, 3.8) is 0 Å². The quantitative estimate of drug-likeness (QED) is 0.899. The summed E-state index contributed by atoms with van der Waals surface area (Å²) >= 11 is 3.35. The standard InChI is InChI=1S/C9H9BrN4O/c1-15-9-12-8(11)14(13-9)7-4-2-6(10)3-5-7/h2-5H,1H3,(H2,11,12,13). The molecule has 2 rings (SSSR count). The maximum Gasteiger partial charge on any atom is 0.337 e. The Morgan fingerprint density at radius 3 is 2.53 bits per heavy atom. The van der Waals surface area contributed by atoms with Crippen molar-refractivity contribution in [2.24, 2.45) is 0 Å². The Balaban J connectivity index is 2.44. The van der Waals surface area contributed by atoms with E-state index in [0.717, 1.165) is 10.2 Å². The molecule has 0 spiro atoms. The first-order chi connectivity index (χ1) is 7.20. The SMILES string of the molecule is COc1nc(N)n(-c2ccc(Br)cc2)n1. The van der Waals surface area contributed by atoms with Crippen molar-refractivity contribution in [3.8, 4) is 11.7 Å². The molecule has 78 valence electrons. The number of hydrogen-bond acceptors (Lipinski definition) is 4. The average molecular weight is 269 g/mol. The highest BCUT2D eigenvalue weighted by atomic mass is 79.9. The van der Waals surface area contributed by atoms with E-state index in [1.54, 1.807) is 0 Å². The monoisotopic (exact) mass is 268 g/mol. The lowest BCUT2D eigenvalue weighted by atomic mass is 10.3. The fourth-order valence-corrected chi connectivity index (χ4v) is 1.43. The Morgan fingerprint density at radius 1 is 1.33 bits per heavy atom. The molecule has 0 aliphatic rings. The van der Waals surface area contributed by atoms with E-state index in [4.69, 9.17) is 10.5 Å². The molecule has 0 atom stereocenters. The van der Waals surface area contributed by atoms with E-state index in [-0.39, 0.29) is 6.01 Å². The van der Waals surface area contributed by atoms with Gasteiger partial charge in [0.05, 0.1) is 12.8 Å². The van der Waals surface area contributed by atoms with Gasteiger partial charge in [-0.15, -0.1) is 5.10 Å². The molecule has 15 heavy (non-hydrogen) atoms. The van der Waals surface area contributed by atoms with Crippen molar-refractivity contribution in [3.05, 3.63) is 28.7 Å². The van der Waals surface area contributed by atoms with Gasteiger partial charge in [0.15, 0.2) is 0 Å². The van der Waals surface area contributed by atoms with Gasteiger partial charge in [-0.2, -0.15) is 9.67 Å². The molecule has 0 bridgehead atoms. The minimum Gasteiger partial charge on any atom is -0.466 e. The molecule has 0 aliphatic carbocycles. The third-order valence-electron chi connectivity index (χ3n) is 1.87. The summed E-state index contributed by atoms with van der Waals surface area (Å²) in [5.41, 5.74) is 6.52. The van der Waals surface area contributed by atoms with Crippen LogP contribution in [0.2, 0.25) is 0 Å². The second kappa shape index (κ2) is 3.90. The zero-order valence-electron chi connectivity index (χ0n) is 8.01. The van der Waals surface area contributed by atoms with Crippen LogP contribution in [0.15, 0.2) is 28.7 Å². The van der Waals surface area contributed by atoms with Gasteiger partial charge in [0.25, 0.3) is 0 Å². The van der Waals surface area contributed by atoms with Gasteiger partial charge >= 0.3 is 6.01 Å². The molecule has 1 aromatic carbocycles. The van der Waals surface area contributed by atoms with E-state index in [9.17, 15) is 0 Å². The second-order valence-electron chi connectivity index (χ2n) is 2.84. The summed E-state index contributed by atoms with van der Waals surface area (Å²) in [4.78, 5) is 3.92. The van der Waals surface area contributed by atoms with Crippen molar-refractivity contribution < 1.29 is 4.74 Å². The highest BCUT2D eigenvalue weighted by molar-refractivity contribution is 9.10. The summed E-state index contributed by atoms with van der Waals surface area (Å²) in [6.07, 6.45) is 0. The van der Waals surface area contributed by atoms with Crippen molar-refractivity contribution >= 4 is 21.9 Å². The molecule has 0 saturated carbocycles. The van der Waals surface area contributed by atoms with Gasteiger partial charge in [0.2, 0.25) is 5.95 Å². The molecule has 1 aromatic heterocycles. The van der Waals surface area contributed by atoms with Gasteiger partial charge in [-0.3, -0.25) is 0 Å². The Bertz CT molecular complexity index is 465. The Morgan fingerprint density at radius 2 is 2.00 bits per heavy atom. The lowest BCUT2D eigenvalue weighted by Crippen LogP contribution is -2.01. The molecule has 0 unspecified atom stereocenters. The van der Waals surface area contributed by atoms with Crippen LogP contribution in [0.3, 0.4) is 0 Å². The lowest BCUT2D eigenvalue weighted by Gasteiger charge is -2.01. The maximum absolute atomic E-state index is 5.68. The van der Waals surface area contributed by atoms with Crippen LogP contribution < -0.4 is 10.5 Å². The number of nitrogen functional groups attached to an aromatic ring is 1. The molecule has 0 saturated heterocycles. The number of ether oxygens (including phenoxy) is 1. The Kier molecular flexibility index (Phi) is 2.59. The predicted octanol–water partition coefficient (Wildman–Crippen LogP) is 1.62. The van der Waals surface area contributed by atoms with Gasteiger partial charge in [-0.25, -0.2) is 0 Å². The third-order valence-corrected chi connectivity index (χ3v) is 2.40. The largest absolute Gasteiger partial charge is 0.466 e. The Labute approximate surface area is 95.0 Å². The molecule has 5 nitrogen and oxygen atoms in total. The number of anilines is 1. The molecule has 0 fully saturated rings. The van der Waals surface area contributed by atoms with Crippen LogP contribution in [-0.2, 0) is 0 Å². The number of rotatable bonds is 2. The number of benzene rings is 1. The average Bonchev–Trinajstić information content (AvgIpc) is 2.61. The van der Waals surface area contributed by atoms with Crippen LogP contribution in [0.25, 0.3) is 5.69 Å². The van der Waals surface area contributed by atoms with Crippen LogP contribution in [0, 0.1) is 0 Å². The van der Waals surface area contributed by atoms with Crippen molar-refractivity contribution in [1.82, 2.24) is 14.8 Å². The number of aromatic nitrogens is 3. The summed E-state index contributed by atoms with van der Waals surface area (Å²) in [7, 11) is 1.50. The molecular formula is C9H9BrN4O. The van der Waals surface area contributed by atoms with Gasteiger partial charge in [0, 0.05) is 4.47 Å². The molecular weight excluding hydrogens is 260 g/mol. The zero-order valence-corrected chi connectivity index (χ0v) is 9.60. The van der Waals surface area contributed by atoms with Gasteiger partial charge in [-0.1, -0.05) is 15.9 Å². The summed E-state index contributed by atoms with van der Waals surface area (Å²) in [6, 6.07) is 7.84. The Hall–Kier alpha value is -1.56. The molecule has 2 N–H and O–H groups in total. The van der Waals surface area contributed by atoms with Crippen molar-refractivity contribution in [2.45, 2.75) is 0 Å². The maximum atomic E-state index is 5.68. The van der Waals surface area contributed by atoms with E-state index < -0.39 is 0 Å². The normalized spacial score (nSPS) is 10.3. The first-order valence-corrected chi connectivity index (χ1v) is 5.02. The first kappa shape index (κ1) is 9.97. The van der Waals surface area contributed by atoms with Gasteiger partial charge < -0.3 is 10.5 Å². The third kappa shape index (κ3) is 1.94.